The second-order valence-electron chi connectivity index (χ2n) is 5.22. The summed E-state index contributed by atoms with van der Waals surface area (Å²) in [5, 5.41) is 9.45. The van der Waals surface area contributed by atoms with Crippen molar-refractivity contribution in [2.75, 3.05) is 6.61 Å². The fourth-order valence-electron chi connectivity index (χ4n) is 3.25. The lowest BCUT2D eigenvalue weighted by molar-refractivity contribution is -0.143. The molecule has 1 saturated carbocycles. The lowest BCUT2D eigenvalue weighted by Gasteiger charge is -2.26. The Balaban J connectivity index is 2.22. The third-order valence-electron chi connectivity index (χ3n) is 4.23. The van der Waals surface area contributed by atoms with Crippen LogP contribution >= 0.6 is 0 Å². The van der Waals surface area contributed by atoms with E-state index < -0.39 is 23.0 Å². The number of benzene rings is 1. The summed E-state index contributed by atoms with van der Waals surface area (Å²) in [6.07, 6.45) is 2.30. The quantitative estimate of drug-likeness (QED) is 0.897. The van der Waals surface area contributed by atoms with E-state index in [1.165, 1.54) is 0 Å². The van der Waals surface area contributed by atoms with E-state index in [0.29, 0.717) is 31.4 Å². The molecule has 3 nitrogen and oxygen atoms in total. The van der Waals surface area contributed by atoms with Crippen LogP contribution in [0.4, 0.5) is 8.78 Å². The van der Waals surface area contributed by atoms with Crippen molar-refractivity contribution in [2.45, 2.75) is 37.5 Å². The predicted molar refractivity (Wildman–Crippen MR) is 63.3 cm³/mol. The van der Waals surface area contributed by atoms with Gasteiger partial charge in [-0.25, -0.2) is 8.78 Å². The Labute approximate surface area is 109 Å². The first kappa shape index (κ1) is 12.4. The average molecular weight is 268 g/mol. The van der Waals surface area contributed by atoms with Crippen molar-refractivity contribution in [1.82, 2.24) is 0 Å². The molecule has 0 bridgehead atoms. The third kappa shape index (κ3) is 1.64. The van der Waals surface area contributed by atoms with E-state index in [-0.39, 0.29) is 24.2 Å². The monoisotopic (exact) mass is 268 g/mol. The lowest BCUT2D eigenvalue weighted by atomic mass is 9.77. The molecular weight excluding hydrogens is 254 g/mol. The number of ether oxygens (including phenoxy) is 1. The molecule has 19 heavy (non-hydrogen) atoms. The highest BCUT2D eigenvalue weighted by Crippen LogP contribution is 2.46. The standard InChI is InChI=1S/C14H14F2O3/c15-9-7-10-8(3-6-19-10)12(16)11(9)14(13(17)18)4-1-2-5-14/h7H,1-6H2,(H,17,18). The molecule has 1 aliphatic carbocycles. The van der Waals surface area contributed by atoms with Crippen molar-refractivity contribution in [3.05, 3.63) is 28.8 Å². The molecule has 0 radical (unpaired) electrons. The van der Waals surface area contributed by atoms with Crippen LogP contribution in [0.1, 0.15) is 36.8 Å². The smallest absolute Gasteiger partial charge is 0.314 e. The molecule has 1 aromatic carbocycles. The van der Waals surface area contributed by atoms with Gasteiger partial charge in [-0.1, -0.05) is 12.8 Å². The molecule has 1 heterocycles. The van der Waals surface area contributed by atoms with Gasteiger partial charge in [0.15, 0.2) is 0 Å². The Kier molecular flexibility index (Phi) is 2.73. The zero-order valence-electron chi connectivity index (χ0n) is 10.3. The minimum absolute atomic E-state index is 0.206. The number of carbonyl (C=O) groups is 1. The minimum Gasteiger partial charge on any atom is -0.493 e. The van der Waals surface area contributed by atoms with Crippen LogP contribution in [0, 0.1) is 11.6 Å². The summed E-state index contributed by atoms with van der Waals surface area (Å²) in [7, 11) is 0. The summed E-state index contributed by atoms with van der Waals surface area (Å²) in [5.41, 5.74) is -1.38. The van der Waals surface area contributed by atoms with E-state index in [1.807, 2.05) is 0 Å². The summed E-state index contributed by atoms with van der Waals surface area (Å²) in [4.78, 5) is 11.6. The number of rotatable bonds is 2. The van der Waals surface area contributed by atoms with Crippen LogP contribution in [0.25, 0.3) is 0 Å². The predicted octanol–water partition coefficient (Wildman–Crippen LogP) is 2.80. The third-order valence-corrected chi connectivity index (χ3v) is 4.23. The number of aliphatic carboxylic acids is 1. The molecule has 1 aliphatic heterocycles. The molecule has 1 fully saturated rings. The molecule has 0 amide bonds. The second kappa shape index (κ2) is 4.18. The summed E-state index contributed by atoms with van der Waals surface area (Å²) in [6.45, 7) is 0.315. The minimum atomic E-state index is -1.41. The molecule has 0 unspecified atom stereocenters. The van der Waals surface area contributed by atoms with Gasteiger partial charge in [0.05, 0.1) is 12.0 Å². The van der Waals surface area contributed by atoms with Crippen molar-refractivity contribution >= 4 is 5.97 Å². The summed E-state index contributed by atoms with van der Waals surface area (Å²) >= 11 is 0. The molecule has 0 saturated heterocycles. The first-order valence-electron chi connectivity index (χ1n) is 6.44. The van der Waals surface area contributed by atoms with E-state index in [0.717, 1.165) is 6.07 Å². The molecule has 0 spiro atoms. The molecule has 1 aromatic rings. The van der Waals surface area contributed by atoms with Gasteiger partial charge in [0, 0.05) is 23.6 Å². The first-order chi connectivity index (χ1) is 9.06. The molecule has 5 heteroatoms. The Bertz CT molecular complexity index is 548. The average Bonchev–Trinajstić information content (AvgIpc) is 2.97. The van der Waals surface area contributed by atoms with Gasteiger partial charge in [-0.15, -0.1) is 0 Å². The zero-order chi connectivity index (χ0) is 13.6. The van der Waals surface area contributed by atoms with Crippen LogP contribution < -0.4 is 4.74 Å². The molecule has 1 N–H and O–H groups in total. The topological polar surface area (TPSA) is 46.5 Å². The van der Waals surface area contributed by atoms with Crippen LogP contribution in [0.2, 0.25) is 0 Å². The summed E-state index contributed by atoms with van der Waals surface area (Å²) in [5.74, 6) is -2.46. The van der Waals surface area contributed by atoms with Crippen LogP contribution in [-0.2, 0) is 16.6 Å². The Hall–Kier alpha value is -1.65. The molecule has 0 aromatic heterocycles. The molecular formula is C14H14F2O3. The summed E-state index contributed by atoms with van der Waals surface area (Å²) < 4.78 is 33.8. The number of hydrogen-bond donors (Lipinski definition) is 1. The number of carboxylic acids is 1. The number of halogens is 2. The van der Waals surface area contributed by atoms with E-state index in [1.54, 1.807) is 0 Å². The SMILES string of the molecule is O=C(O)C1(c2c(F)cc3c(c2F)CCO3)CCCC1. The van der Waals surface area contributed by atoms with E-state index in [9.17, 15) is 18.7 Å². The highest BCUT2D eigenvalue weighted by molar-refractivity contribution is 5.82. The number of fused-ring (bicyclic) bond motifs is 1. The van der Waals surface area contributed by atoms with Crippen molar-refractivity contribution in [1.29, 1.82) is 0 Å². The Morgan fingerprint density at radius 1 is 1.32 bits per heavy atom. The summed E-state index contributed by atoms with van der Waals surface area (Å²) in [6, 6.07) is 1.13. The van der Waals surface area contributed by atoms with E-state index in [4.69, 9.17) is 4.74 Å². The fraction of sp³-hybridized carbons (Fsp3) is 0.500. The van der Waals surface area contributed by atoms with Crippen molar-refractivity contribution in [2.24, 2.45) is 0 Å². The van der Waals surface area contributed by atoms with Gasteiger partial charge in [0.25, 0.3) is 0 Å². The zero-order valence-corrected chi connectivity index (χ0v) is 10.3. The normalized spacial score (nSPS) is 20.1. The van der Waals surface area contributed by atoms with Gasteiger partial charge in [0.1, 0.15) is 17.4 Å². The lowest BCUT2D eigenvalue weighted by Crippen LogP contribution is -2.35. The van der Waals surface area contributed by atoms with Crippen molar-refractivity contribution in [3.63, 3.8) is 0 Å². The van der Waals surface area contributed by atoms with Crippen LogP contribution in [-0.4, -0.2) is 17.7 Å². The highest BCUT2D eigenvalue weighted by atomic mass is 19.1. The molecule has 0 atom stereocenters. The first-order valence-corrected chi connectivity index (χ1v) is 6.44. The maximum absolute atomic E-state index is 14.5. The van der Waals surface area contributed by atoms with E-state index in [2.05, 4.69) is 0 Å². The fourth-order valence-corrected chi connectivity index (χ4v) is 3.25. The van der Waals surface area contributed by atoms with Crippen molar-refractivity contribution in [3.8, 4) is 5.75 Å². The molecule has 2 aliphatic rings. The largest absolute Gasteiger partial charge is 0.493 e. The van der Waals surface area contributed by atoms with Gasteiger partial charge in [0.2, 0.25) is 0 Å². The molecule has 102 valence electrons. The Morgan fingerprint density at radius 3 is 2.63 bits per heavy atom. The maximum atomic E-state index is 14.5. The Morgan fingerprint density at radius 2 is 2.00 bits per heavy atom. The number of carboxylic acid groups (broad SMARTS) is 1. The van der Waals surface area contributed by atoms with Gasteiger partial charge >= 0.3 is 5.97 Å². The van der Waals surface area contributed by atoms with E-state index >= 15 is 0 Å². The van der Waals surface area contributed by atoms with Gasteiger partial charge in [-0.2, -0.15) is 0 Å². The van der Waals surface area contributed by atoms with Gasteiger partial charge in [-0.05, 0) is 12.8 Å². The van der Waals surface area contributed by atoms with Crippen LogP contribution in [0.3, 0.4) is 0 Å². The van der Waals surface area contributed by atoms with Gasteiger partial charge < -0.3 is 9.84 Å². The van der Waals surface area contributed by atoms with Gasteiger partial charge in [-0.3, -0.25) is 4.79 Å². The molecule has 3 rings (SSSR count). The van der Waals surface area contributed by atoms with Crippen LogP contribution in [0.15, 0.2) is 6.07 Å². The maximum Gasteiger partial charge on any atom is 0.314 e. The second-order valence-corrected chi connectivity index (χ2v) is 5.22. The highest BCUT2D eigenvalue weighted by Gasteiger charge is 2.47. The number of hydrogen-bond acceptors (Lipinski definition) is 2. The van der Waals surface area contributed by atoms with Crippen molar-refractivity contribution < 1.29 is 23.4 Å². The van der Waals surface area contributed by atoms with Crippen LogP contribution in [0.5, 0.6) is 5.75 Å².